The second-order valence-electron chi connectivity index (χ2n) is 5.04. The maximum atomic E-state index is 12.6. The highest BCUT2D eigenvalue weighted by Crippen LogP contribution is 2.28. The van der Waals surface area contributed by atoms with Gasteiger partial charge in [0.1, 0.15) is 5.75 Å². The number of methoxy groups -OCH3 is 1. The third kappa shape index (κ3) is 3.38. The summed E-state index contributed by atoms with van der Waals surface area (Å²) in [5.74, 6) is 0.600. The molecule has 0 bridgehead atoms. The number of hydrogen-bond acceptors (Lipinski definition) is 4. The van der Waals surface area contributed by atoms with Crippen molar-refractivity contribution < 1.29 is 13.2 Å². The van der Waals surface area contributed by atoms with Crippen LogP contribution in [0.4, 0.5) is 5.69 Å². The van der Waals surface area contributed by atoms with E-state index in [2.05, 4.69) is 9.71 Å². The second kappa shape index (κ2) is 6.72. The van der Waals surface area contributed by atoms with E-state index in [9.17, 15) is 8.42 Å². The van der Waals surface area contributed by atoms with Gasteiger partial charge in [-0.1, -0.05) is 24.3 Å². The quantitative estimate of drug-likeness (QED) is 0.771. The molecule has 3 aromatic rings. The number of ether oxygens (including phenoxy) is 1. The minimum atomic E-state index is -3.70. The Labute approximate surface area is 141 Å². The molecule has 5 nitrogen and oxygen atoms in total. The molecule has 0 unspecified atom stereocenters. The summed E-state index contributed by atoms with van der Waals surface area (Å²) in [6.07, 6.45) is 1.67. The largest absolute Gasteiger partial charge is 0.497 e. The Morgan fingerprint density at radius 2 is 1.62 bits per heavy atom. The van der Waals surface area contributed by atoms with Gasteiger partial charge in [0.25, 0.3) is 10.0 Å². The molecule has 1 heterocycles. The molecule has 1 aromatic heterocycles. The number of para-hydroxylation sites is 1. The van der Waals surface area contributed by atoms with E-state index in [0.717, 1.165) is 5.56 Å². The molecule has 1 N–H and O–H groups in total. The summed E-state index contributed by atoms with van der Waals surface area (Å²) >= 11 is 0. The van der Waals surface area contributed by atoms with Crippen LogP contribution in [0, 0.1) is 0 Å². The van der Waals surface area contributed by atoms with Crippen LogP contribution >= 0.6 is 0 Å². The number of nitrogens with zero attached hydrogens (tertiary/aromatic N) is 1. The van der Waals surface area contributed by atoms with Gasteiger partial charge < -0.3 is 4.74 Å². The van der Waals surface area contributed by atoms with Gasteiger partial charge in [-0.3, -0.25) is 9.71 Å². The van der Waals surface area contributed by atoms with Gasteiger partial charge in [-0.25, -0.2) is 8.42 Å². The SMILES string of the molecule is COc1ccc(S(=O)(=O)Nc2ccccc2-c2ccccn2)cc1. The molecule has 0 aliphatic rings. The predicted octanol–water partition coefficient (Wildman–Crippen LogP) is 3.56. The lowest BCUT2D eigenvalue weighted by Gasteiger charge is -2.12. The first-order chi connectivity index (χ1) is 11.6. The zero-order chi connectivity index (χ0) is 17.0. The maximum absolute atomic E-state index is 12.6. The van der Waals surface area contributed by atoms with Crippen LogP contribution in [0.5, 0.6) is 5.75 Å². The average Bonchev–Trinajstić information content (AvgIpc) is 2.63. The molecule has 6 heteroatoms. The van der Waals surface area contributed by atoms with E-state index in [0.29, 0.717) is 17.1 Å². The molecule has 0 radical (unpaired) electrons. The predicted molar refractivity (Wildman–Crippen MR) is 93.5 cm³/mol. The van der Waals surface area contributed by atoms with E-state index in [1.807, 2.05) is 30.3 Å². The molecule has 0 amide bonds. The van der Waals surface area contributed by atoms with Gasteiger partial charge in [-0.15, -0.1) is 0 Å². The number of aromatic nitrogens is 1. The third-order valence-corrected chi connectivity index (χ3v) is 4.86. The minimum Gasteiger partial charge on any atom is -0.497 e. The Kier molecular flexibility index (Phi) is 4.48. The van der Waals surface area contributed by atoms with Crippen LogP contribution in [0.2, 0.25) is 0 Å². The Morgan fingerprint density at radius 3 is 2.29 bits per heavy atom. The van der Waals surface area contributed by atoms with Gasteiger partial charge in [0.15, 0.2) is 0 Å². The van der Waals surface area contributed by atoms with Crippen molar-refractivity contribution in [2.45, 2.75) is 4.90 Å². The summed E-state index contributed by atoms with van der Waals surface area (Å²) in [6, 6.07) is 18.9. The van der Waals surface area contributed by atoms with E-state index < -0.39 is 10.0 Å². The van der Waals surface area contributed by atoms with Crippen LogP contribution in [-0.2, 0) is 10.0 Å². The van der Waals surface area contributed by atoms with Crippen LogP contribution in [0.1, 0.15) is 0 Å². The van der Waals surface area contributed by atoms with Crippen LogP contribution in [0.15, 0.2) is 77.8 Å². The molecule has 0 saturated heterocycles. The minimum absolute atomic E-state index is 0.166. The summed E-state index contributed by atoms with van der Waals surface area (Å²) in [7, 11) is -2.17. The highest BCUT2D eigenvalue weighted by atomic mass is 32.2. The van der Waals surface area contributed by atoms with Gasteiger partial charge in [0.2, 0.25) is 0 Å². The molecule has 0 fully saturated rings. The van der Waals surface area contributed by atoms with Crippen molar-refractivity contribution in [1.82, 2.24) is 4.98 Å². The van der Waals surface area contributed by atoms with Crippen LogP contribution in [0.3, 0.4) is 0 Å². The van der Waals surface area contributed by atoms with E-state index in [4.69, 9.17) is 4.74 Å². The first-order valence-electron chi connectivity index (χ1n) is 7.27. The van der Waals surface area contributed by atoms with Crippen LogP contribution in [0.25, 0.3) is 11.3 Å². The Hall–Kier alpha value is -2.86. The monoisotopic (exact) mass is 340 g/mol. The summed E-state index contributed by atoms with van der Waals surface area (Å²) in [6.45, 7) is 0. The first-order valence-corrected chi connectivity index (χ1v) is 8.76. The fraction of sp³-hybridized carbons (Fsp3) is 0.0556. The Balaban J connectivity index is 1.96. The number of benzene rings is 2. The molecule has 0 spiro atoms. The molecular weight excluding hydrogens is 324 g/mol. The zero-order valence-electron chi connectivity index (χ0n) is 13.0. The lowest BCUT2D eigenvalue weighted by molar-refractivity contribution is 0.414. The van der Waals surface area contributed by atoms with Crippen molar-refractivity contribution in [3.8, 4) is 17.0 Å². The standard InChI is InChI=1S/C18H16N2O3S/c1-23-14-9-11-15(12-10-14)24(21,22)20-18-8-3-2-6-16(18)17-7-4-5-13-19-17/h2-13,20H,1H3. The smallest absolute Gasteiger partial charge is 0.261 e. The summed E-state index contributed by atoms with van der Waals surface area (Å²) < 4.78 is 32.9. The zero-order valence-corrected chi connectivity index (χ0v) is 13.8. The molecule has 24 heavy (non-hydrogen) atoms. The van der Waals surface area contributed by atoms with Crippen LogP contribution < -0.4 is 9.46 Å². The first kappa shape index (κ1) is 16.0. The summed E-state index contributed by atoms with van der Waals surface area (Å²) in [4.78, 5) is 4.45. The summed E-state index contributed by atoms with van der Waals surface area (Å²) in [5, 5.41) is 0. The molecular formula is C18H16N2O3S. The molecule has 122 valence electrons. The number of nitrogens with one attached hydrogen (secondary N) is 1. The normalized spacial score (nSPS) is 11.0. The fourth-order valence-corrected chi connectivity index (χ4v) is 3.36. The summed E-state index contributed by atoms with van der Waals surface area (Å²) in [5.41, 5.74) is 1.90. The second-order valence-corrected chi connectivity index (χ2v) is 6.72. The van der Waals surface area contributed by atoms with Gasteiger partial charge in [-0.05, 0) is 42.5 Å². The van der Waals surface area contributed by atoms with Crippen molar-refractivity contribution in [2.75, 3.05) is 11.8 Å². The van der Waals surface area contributed by atoms with Crippen molar-refractivity contribution >= 4 is 15.7 Å². The van der Waals surface area contributed by atoms with Crippen molar-refractivity contribution in [1.29, 1.82) is 0 Å². The molecule has 0 aliphatic heterocycles. The molecule has 0 atom stereocenters. The maximum Gasteiger partial charge on any atom is 0.261 e. The Bertz CT molecular complexity index is 924. The third-order valence-electron chi connectivity index (χ3n) is 3.48. The molecule has 3 rings (SSSR count). The number of pyridine rings is 1. The van der Waals surface area contributed by atoms with Crippen LogP contribution in [-0.4, -0.2) is 20.5 Å². The van der Waals surface area contributed by atoms with Gasteiger partial charge in [-0.2, -0.15) is 0 Å². The Morgan fingerprint density at radius 1 is 0.917 bits per heavy atom. The van der Waals surface area contributed by atoms with E-state index in [-0.39, 0.29) is 4.90 Å². The van der Waals surface area contributed by atoms with E-state index in [1.54, 1.807) is 30.5 Å². The number of hydrogen-bond donors (Lipinski definition) is 1. The van der Waals surface area contributed by atoms with Gasteiger partial charge >= 0.3 is 0 Å². The number of rotatable bonds is 5. The molecule has 0 aliphatic carbocycles. The topological polar surface area (TPSA) is 68.3 Å². The van der Waals surface area contributed by atoms with E-state index >= 15 is 0 Å². The van der Waals surface area contributed by atoms with E-state index in [1.165, 1.54) is 19.2 Å². The highest BCUT2D eigenvalue weighted by molar-refractivity contribution is 7.92. The van der Waals surface area contributed by atoms with Gasteiger partial charge in [0, 0.05) is 11.8 Å². The van der Waals surface area contributed by atoms with Crippen molar-refractivity contribution in [3.63, 3.8) is 0 Å². The lowest BCUT2D eigenvalue weighted by atomic mass is 10.1. The molecule has 2 aromatic carbocycles. The highest BCUT2D eigenvalue weighted by Gasteiger charge is 2.16. The van der Waals surface area contributed by atoms with Crippen molar-refractivity contribution in [2.24, 2.45) is 0 Å². The molecule has 0 saturated carbocycles. The number of anilines is 1. The lowest BCUT2D eigenvalue weighted by Crippen LogP contribution is -2.13. The number of sulfonamides is 1. The van der Waals surface area contributed by atoms with Crippen molar-refractivity contribution in [3.05, 3.63) is 72.9 Å². The van der Waals surface area contributed by atoms with Gasteiger partial charge in [0.05, 0.1) is 23.4 Å². The fourth-order valence-electron chi connectivity index (χ4n) is 2.28. The average molecular weight is 340 g/mol.